The summed E-state index contributed by atoms with van der Waals surface area (Å²) in [7, 11) is 1.56. The zero-order chi connectivity index (χ0) is 23.1. The molecule has 0 aliphatic carbocycles. The van der Waals surface area contributed by atoms with Gasteiger partial charge in [-0.05, 0) is 43.3 Å². The maximum Gasteiger partial charge on any atom is 0.262 e. The highest BCUT2D eigenvalue weighted by molar-refractivity contribution is 7.99. The number of rotatable bonds is 9. The molecule has 32 heavy (non-hydrogen) atoms. The maximum absolute atomic E-state index is 13.3. The van der Waals surface area contributed by atoms with Crippen molar-refractivity contribution in [2.75, 3.05) is 30.9 Å². The van der Waals surface area contributed by atoms with Gasteiger partial charge in [0.1, 0.15) is 5.82 Å². The van der Waals surface area contributed by atoms with E-state index < -0.39 is 5.82 Å². The van der Waals surface area contributed by atoms with Crippen molar-refractivity contribution in [1.82, 2.24) is 9.55 Å². The number of hydrogen-bond donors (Lipinski definition) is 0. The van der Waals surface area contributed by atoms with E-state index in [0.717, 1.165) is 11.8 Å². The summed E-state index contributed by atoms with van der Waals surface area (Å²) in [6.45, 7) is 2.34. The number of amides is 1. The first-order valence-electron chi connectivity index (χ1n) is 10.0. The molecule has 3 rings (SSSR count). The molecule has 9 heteroatoms. The lowest BCUT2D eigenvalue weighted by Gasteiger charge is -2.23. The van der Waals surface area contributed by atoms with Crippen LogP contribution in [0.3, 0.4) is 0 Å². The Morgan fingerprint density at radius 1 is 1.28 bits per heavy atom. The van der Waals surface area contributed by atoms with Crippen LogP contribution in [0.5, 0.6) is 0 Å². The summed E-state index contributed by atoms with van der Waals surface area (Å²) in [6, 6.07) is 14.3. The molecule has 166 valence electrons. The first kappa shape index (κ1) is 23.4. The van der Waals surface area contributed by atoms with Crippen molar-refractivity contribution in [3.05, 3.63) is 64.7 Å². The molecule has 0 bridgehead atoms. The highest BCUT2D eigenvalue weighted by Gasteiger charge is 2.20. The minimum Gasteiger partial charge on any atom is -0.383 e. The fourth-order valence-electron chi connectivity index (χ4n) is 3.32. The highest BCUT2D eigenvalue weighted by atomic mass is 32.2. The monoisotopic (exact) mass is 454 g/mol. The SMILES string of the molecule is COCC(C)n1c(SCC(=O)N(CCC#N)c2ccc(F)cc2)nc2ccccc2c1=O. The van der Waals surface area contributed by atoms with E-state index in [4.69, 9.17) is 10.00 Å². The zero-order valence-corrected chi connectivity index (χ0v) is 18.6. The molecule has 1 unspecified atom stereocenters. The molecule has 2 aromatic carbocycles. The van der Waals surface area contributed by atoms with Crippen LogP contribution in [0.4, 0.5) is 10.1 Å². The Kier molecular flexibility index (Phi) is 7.98. The third-order valence-corrected chi connectivity index (χ3v) is 5.77. The molecule has 0 radical (unpaired) electrons. The number of thioether (sulfide) groups is 1. The second-order valence-electron chi connectivity index (χ2n) is 7.11. The van der Waals surface area contributed by atoms with Gasteiger partial charge in [-0.3, -0.25) is 14.2 Å². The number of methoxy groups -OCH3 is 1. The van der Waals surface area contributed by atoms with Crippen molar-refractivity contribution < 1.29 is 13.9 Å². The van der Waals surface area contributed by atoms with Crippen LogP contribution in [-0.4, -0.2) is 41.5 Å². The van der Waals surface area contributed by atoms with Gasteiger partial charge >= 0.3 is 0 Å². The van der Waals surface area contributed by atoms with Gasteiger partial charge in [-0.15, -0.1) is 0 Å². The molecule has 1 atom stereocenters. The molecule has 3 aromatic rings. The van der Waals surface area contributed by atoms with E-state index in [0.29, 0.717) is 28.4 Å². The zero-order valence-electron chi connectivity index (χ0n) is 17.8. The summed E-state index contributed by atoms with van der Waals surface area (Å²) in [5.74, 6) is -0.690. The van der Waals surface area contributed by atoms with Crippen molar-refractivity contribution >= 4 is 34.3 Å². The van der Waals surface area contributed by atoms with Crippen LogP contribution in [-0.2, 0) is 9.53 Å². The van der Waals surface area contributed by atoms with Crippen LogP contribution in [0.25, 0.3) is 10.9 Å². The molecule has 0 aliphatic rings. The Balaban J connectivity index is 1.91. The molecular formula is C23H23FN4O3S. The first-order valence-corrected chi connectivity index (χ1v) is 11.0. The third kappa shape index (κ3) is 5.33. The van der Waals surface area contributed by atoms with E-state index in [-0.39, 0.29) is 36.2 Å². The van der Waals surface area contributed by atoms with Crippen molar-refractivity contribution in [3.63, 3.8) is 0 Å². The van der Waals surface area contributed by atoms with E-state index >= 15 is 0 Å². The molecule has 1 heterocycles. The van der Waals surface area contributed by atoms with Crippen LogP contribution >= 0.6 is 11.8 Å². The van der Waals surface area contributed by atoms with E-state index in [1.807, 2.05) is 13.0 Å². The lowest BCUT2D eigenvalue weighted by atomic mass is 10.2. The lowest BCUT2D eigenvalue weighted by molar-refractivity contribution is -0.116. The lowest BCUT2D eigenvalue weighted by Crippen LogP contribution is -2.34. The minimum atomic E-state index is -0.410. The van der Waals surface area contributed by atoms with Gasteiger partial charge < -0.3 is 9.64 Å². The first-order chi connectivity index (χ1) is 15.5. The van der Waals surface area contributed by atoms with Crippen LogP contribution in [0, 0.1) is 17.1 Å². The molecule has 0 N–H and O–H groups in total. The molecule has 0 fully saturated rings. The highest BCUT2D eigenvalue weighted by Crippen LogP contribution is 2.23. The standard InChI is InChI=1S/C23H23FN4O3S/c1-16(14-31-2)28-22(30)19-6-3-4-7-20(19)26-23(28)32-15-21(29)27(13-5-12-25)18-10-8-17(24)9-11-18/h3-4,6-11,16H,5,13-15H2,1-2H3. The summed E-state index contributed by atoms with van der Waals surface area (Å²) >= 11 is 1.15. The number of nitriles is 1. The molecule has 1 amide bonds. The third-order valence-electron chi connectivity index (χ3n) is 4.84. The normalized spacial score (nSPS) is 11.8. The van der Waals surface area contributed by atoms with Gasteiger partial charge in [-0.25, -0.2) is 9.37 Å². The number of carbonyl (C=O) groups excluding carboxylic acids is 1. The summed E-state index contributed by atoms with van der Waals surface area (Å²) in [5, 5.41) is 9.86. The summed E-state index contributed by atoms with van der Waals surface area (Å²) in [6.07, 6.45) is 0.136. The molecule has 0 spiro atoms. The number of para-hydroxylation sites is 1. The Hall–Kier alpha value is -3.22. The molecule has 1 aromatic heterocycles. The van der Waals surface area contributed by atoms with E-state index in [1.54, 1.807) is 35.9 Å². The van der Waals surface area contributed by atoms with E-state index in [1.165, 1.54) is 29.2 Å². The molecular weight excluding hydrogens is 431 g/mol. The quantitative estimate of drug-likeness (QED) is 0.361. The van der Waals surface area contributed by atoms with E-state index in [9.17, 15) is 14.0 Å². The Morgan fingerprint density at radius 2 is 2.00 bits per heavy atom. The number of anilines is 1. The van der Waals surface area contributed by atoms with Gasteiger partial charge in [0.05, 0.1) is 41.8 Å². The van der Waals surface area contributed by atoms with Crippen molar-refractivity contribution in [3.8, 4) is 6.07 Å². The number of aromatic nitrogens is 2. The number of hydrogen-bond acceptors (Lipinski definition) is 6. The molecule has 0 saturated carbocycles. The van der Waals surface area contributed by atoms with Crippen LogP contribution in [0.1, 0.15) is 19.4 Å². The van der Waals surface area contributed by atoms with Crippen molar-refractivity contribution in [2.24, 2.45) is 0 Å². The average Bonchev–Trinajstić information content (AvgIpc) is 2.79. The summed E-state index contributed by atoms with van der Waals surface area (Å²) < 4.78 is 20.1. The average molecular weight is 455 g/mol. The topological polar surface area (TPSA) is 88.2 Å². The maximum atomic E-state index is 13.3. The number of halogens is 1. The Labute approximate surface area is 189 Å². The fourth-order valence-corrected chi connectivity index (χ4v) is 4.29. The van der Waals surface area contributed by atoms with Crippen molar-refractivity contribution in [2.45, 2.75) is 24.5 Å². The number of carbonyl (C=O) groups is 1. The summed E-state index contributed by atoms with van der Waals surface area (Å²) in [5.41, 5.74) is 0.854. The fraction of sp³-hybridized carbons (Fsp3) is 0.304. The largest absolute Gasteiger partial charge is 0.383 e. The molecule has 7 nitrogen and oxygen atoms in total. The summed E-state index contributed by atoms with van der Waals surface area (Å²) in [4.78, 5) is 32.2. The van der Waals surface area contributed by atoms with Crippen LogP contribution in [0.15, 0.2) is 58.5 Å². The smallest absolute Gasteiger partial charge is 0.262 e. The van der Waals surface area contributed by atoms with Gasteiger partial charge in [0.15, 0.2) is 5.16 Å². The van der Waals surface area contributed by atoms with Gasteiger partial charge in [0.25, 0.3) is 5.56 Å². The number of benzene rings is 2. The number of nitrogens with zero attached hydrogens (tertiary/aromatic N) is 4. The van der Waals surface area contributed by atoms with Crippen LogP contribution in [0.2, 0.25) is 0 Å². The number of fused-ring (bicyclic) bond motifs is 1. The van der Waals surface area contributed by atoms with Gasteiger partial charge in [-0.1, -0.05) is 23.9 Å². The van der Waals surface area contributed by atoms with Crippen LogP contribution < -0.4 is 10.5 Å². The molecule has 0 aliphatic heterocycles. The molecule has 0 saturated heterocycles. The number of ether oxygens (including phenoxy) is 1. The van der Waals surface area contributed by atoms with Gasteiger partial charge in [0.2, 0.25) is 5.91 Å². The predicted molar refractivity (Wildman–Crippen MR) is 122 cm³/mol. The van der Waals surface area contributed by atoms with Gasteiger partial charge in [-0.2, -0.15) is 5.26 Å². The van der Waals surface area contributed by atoms with E-state index in [2.05, 4.69) is 4.98 Å². The predicted octanol–water partition coefficient (Wildman–Crippen LogP) is 3.78. The Morgan fingerprint density at radius 3 is 2.69 bits per heavy atom. The van der Waals surface area contributed by atoms with Gasteiger partial charge in [0, 0.05) is 19.3 Å². The van der Waals surface area contributed by atoms with Crippen molar-refractivity contribution in [1.29, 1.82) is 5.26 Å². The Bertz CT molecular complexity index is 1190. The second kappa shape index (κ2) is 10.9. The second-order valence-corrected chi connectivity index (χ2v) is 8.05. The minimum absolute atomic E-state index is 0.00666.